The molecule has 0 saturated heterocycles. The highest BCUT2D eigenvalue weighted by atomic mass is 32.1. The van der Waals surface area contributed by atoms with Crippen LogP contribution in [0.25, 0.3) is 0 Å². The molecule has 1 aliphatic carbocycles. The van der Waals surface area contributed by atoms with Crippen LogP contribution in [0.5, 0.6) is 0 Å². The SMILES string of the molecule is CC(C)CC(CC(C)C)NCc1cc2c(s1)CCC2. The Kier molecular flexibility index (Phi) is 5.47. The van der Waals surface area contributed by atoms with Crippen LogP contribution in [-0.4, -0.2) is 6.04 Å². The molecule has 0 atom stereocenters. The molecule has 0 aromatic carbocycles. The summed E-state index contributed by atoms with van der Waals surface area (Å²) < 4.78 is 0. The number of nitrogens with one attached hydrogen (secondary N) is 1. The van der Waals surface area contributed by atoms with Crippen LogP contribution in [0.2, 0.25) is 0 Å². The molecule has 1 aromatic heterocycles. The lowest BCUT2D eigenvalue weighted by Gasteiger charge is -2.22. The van der Waals surface area contributed by atoms with Crippen molar-refractivity contribution in [3.63, 3.8) is 0 Å². The monoisotopic (exact) mass is 279 g/mol. The van der Waals surface area contributed by atoms with Crippen molar-refractivity contribution in [2.75, 3.05) is 0 Å². The Hall–Kier alpha value is -0.340. The Morgan fingerprint density at radius 2 is 1.79 bits per heavy atom. The molecule has 0 aliphatic heterocycles. The summed E-state index contributed by atoms with van der Waals surface area (Å²) in [7, 11) is 0. The molecular formula is C17H29NS. The standard InChI is InChI=1S/C17H29NS/c1-12(2)8-15(9-13(3)4)18-11-16-10-14-6-5-7-17(14)19-16/h10,12-13,15,18H,5-9,11H2,1-4H3. The zero-order valence-electron chi connectivity index (χ0n) is 13.0. The number of thiophene rings is 1. The van der Waals surface area contributed by atoms with Gasteiger partial charge in [0.05, 0.1) is 0 Å². The van der Waals surface area contributed by atoms with Crippen LogP contribution < -0.4 is 5.32 Å². The number of aryl methyl sites for hydroxylation is 2. The van der Waals surface area contributed by atoms with E-state index in [1.165, 1.54) is 32.1 Å². The molecule has 0 unspecified atom stereocenters. The van der Waals surface area contributed by atoms with Crippen molar-refractivity contribution in [1.29, 1.82) is 0 Å². The van der Waals surface area contributed by atoms with Crippen LogP contribution in [0, 0.1) is 11.8 Å². The van der Waals surface area contributed by atoms with E-state index in [0.29, 0.717) is 6.04 Å². The molecule has 2 rings (SSSR count). The van der Waals surface area contributed by atoms with Gasteiger partial charge in [0.15, 0.2) is 0 Å². The second-order valence-electron chi connectivity index (χ2n) is 6.85. The van der Waals surface area contributed by atoms with Gasteiger partial charge in [-0.25, -0.2) is 0 Å². The minimum absolute atomic E-state index is 0.678. The van der Waals surface area contributed by atoms with Crippen molar-refractivity contribution >= 4 is 11.3 Å². The van der Waals surface area contributed by atoms with Gasteiger partial charge in [-0.3, -0.25) is 0 Å². The van der Waals surface area contributed by atoms with E-state index >= 15 is 0 Å². The lowest BCUT2D eigenvalue weighted by molar-refractivity contribution is 0.359. The van der Waals surface area contributed by atoms with Crippen LogP contribution in [-0.2, 0) is 19.4 Å². The maximum absolute atomic E-state index is 3.80. The van der Waals surface area contributed by atoms with E-state index < -0.39 is 0 Å². The molecule has 1 aromatic rings. The summed E-state index contributed by atoms with van der Waals surface area (Å²) in [6.07, 6.45) is 6.60. The van der Waals surface area contributed by atoms with Gasteiger partial charge in [-0.2, -0.15) is 0 Å². The molecule has 2 heteroatoms. The maximum atomic E-state index is 3.80. The van der Waals surface area contributed by atoms with Gasteiger partial charge in [0.2, 0.25) is 0 Å². The van der Waals surface area contributed by atoms with Crippen molar-refractivity contribution in [2.24, 2.45) is 11.8 Å². The summed E-state index contributed by atoms with van der Waals surface area (Å²) in [6.45, 7) is 10.4. The average Bonchev–Trinajstić information content (AvgIpc) is 2.83. The van der Waals surface area contributed by atoms with E-state index in [1.807, 2.05) is 11.3 Å². The third-order valence-electron chi connectivity index (χ3n) is 3.87. The molecule has 1 heterocycles. The van der Waals surface area contributed by atoms with Gasteiger partial charge in [-0.05, 0) is 55.6 Å². The summed E-state index contributed by atoms with van der Waals surface area (Å²) in [5, 5.41) is 3.80. The molecular weight excluding hydrogens is 250 g/mol. The second kappa shape index (κ2) is 6.90. The highest BCUT2D eigenvalue weighted by molar-refractivity contribution is 7.12. The first kappa shape index (κ1) is 15.1. The predicted octanol–water partition coefficient (Wildman–Crippen LogP) is 4.79. The first-order valence-electron chi connectivity index (χ1n) is 7.88. The lowest BCUT2D eigenvalue weighted by Crippen LogP contribution is -2.31. The average molecular weight is 279 g/mol. The molecule has 0 fully saturated rings. The van der Waals surface area contributed by atoms with Gasteiger partial charge in [0.1, 0.15) is 0 Å². The Bertz CT molecular complexity index is 360. The van der Waals surface area contributed by atoms with Crippen molar-refractivity contribution in [3.8, 4) is 0 Å². The number of hydrogen-bond acceptors (Lipinski definition) is 2. The Labute approximate surface area is 122 Å². The van der Waals surface area contributed by atoms with Crippen LogP contribution >= 0.6 is 11.3 Å². The molecule has 108 valence electrons. The van der Waals surface area contributed by atoms with Crippen molar-refractivity contribution in [1.82, 2.24) is 5.32 Å². The summed E-state index contributed by atoms with van der Waals surface area (Å²) in [5.74, 6) is 1.56. The van der Waals surface area contributed by atoms with Crippen LogP contribution in [0.1, 0.15) is 62.3 Å². The van der Waals surface area contributed by atoms with Crippen molar-refractivity contribution in [3.05, 3.63) is 21.4 Å². The number of hydrogen-bond donors (Lipinski definition) is 1. The first-order valence-corrected chi connectivity index (χ1v) is 8.70. The summed E-state index contributed by atoms with van der Waals surface area (Å²) in [6, 6.07) is 3.12. The molecule has 1 nitrogen and oxygen atoms in total. The number of rotatable bonds is 7. The molecule has 19 heavy (non-hydrogen) atoms. The van der Waals surface area contributed by atoms with Crippen LogP contribution in [0.3, 0.4) is 0 Å². The van der Waals surface area contributed by atoms with E-state index in [0.717, 1.165) is 18.4 Å². The van der Waals surface area contributed by atoms with E-state index in [-0.39, 0.29) is 0 Å². The summed E-state index contributed by atoms with van der Waals surface area (Å²) >= 11 is 2.04. The van der Waals surface area contributed by atoms with Gasteiger partial charge in [0, 0.05) is 22.3 Å². The molecule has 0 bridgehead atoms. The van der Waals surface area contributed by atoms with Crippen molar-refractivity contribution < 1.29 is 0 Å². The molecule has 1 aliphatic rings. The fourth-order valence-corrected chi connectivity index (χ4v) is 4.34. The topological polar surface area (TPSA) is 12.0 Å². The zero-order valence-corrected chi connectivity index (χ0v) is 13.8. The van der Waals surface area contributed by atoms with E-state index in [9.17, 15) is 0 Å². The molecule has 1 N–H and O–H groups in total. The maximum Gasteiger partial charge on any atom is 0.0302 e. The fraction of sp³-hybridized carbons (Fsp3) is 0.765. The normalized spacial score (nSPS) is 14.9. The Morgan fingerprint density at radius 3 is 2.37 bits per heavy atom. The predicted molar refractivity (Wildman–Crippen MR) is 85.9 cm³/mol. The Morgan fingerprint density at radius 1 is 1.11 bits per heavy atom. The van der Waals surface area contributed by atoms with E-state index in [2.05, 4.69) is 39.1 Å². The van der Waals surface area contributed by atoms with Crippen molar-refractivity contribution in [2.45, 2.75) is 72.4 Å². The third kappa shape index (κ3) is 4.61. The van der Waals surface area contributed by atoms with Gasteiger partial charge < -0.3 is 5.32 Å². The van der Waals surface area contributed by atoms with Gasteiger partial charge in [0.25, 0.3) is 0 Å². The molecule has 0 radical (unpaired) electrons. The lowest BCUT2D eigenvalue weighted by atomic mass is 9.95. The summed E-state index contributed by atoms with van der Waals surface area (Å²) in [4.78, 5) is 3.20. The summed E-state index contributed by atoms with van der Waals surface area (Å²) in [5.41, 5.74) is 1.63. The van der Waals surface area contributed by atoms with E-state index in [1.54, 1.807) is 15.3 Å². The third-order valence-corrected chi connectivity index (χ3v) is 5.11. The fourth-order valence-electron chi connectivity index (χ4n) is 3.12. The van der Waals surface area contributed by atoms with E-state index in [4.69, 9.17) is 0 Å². The Balaban J connectivity index is 1.86. The largest absolute Gasteiger partial charge is 0.309 e. The minimum atomic E-state index is 0.678. The molecule has 0 saturated carbocycles. The van der Waals surface area contributed by atoms with Gasteiger partial charge >= 0.3 is 0 Å². The second-order valence-corrected chi connectivity index (χ2v) is 8.07. The highest BCUT2D eigenvalue weighted by Gasteiger charge is 2.16. The zero-order chi connectivity index (χ0) is 13.8. The van der Waals surface area contributed by atoms with Crippen LogP contribution in [0.15, 0.2) is 6.07 Å². The minimum Gasteiger partial charge on any atom is -0.309 e. The van der Waals surface area contributed by atoms with Gasteiger partial charge in [-0.15, -0.1) is 11.3 Å². The quantitative estimate of drug-likeness (QED) is 0.757. The van der Waals surface area contributed by atoms with Gasteiger partial charge in [-0.1, -0.05) is 27.7 Å². The first-order chi connectivity index (χ1) is 9.04. The van der Waals surface area contributed by atoms with Crippen LogP contribution in [0.4, 0.5) is 0 Å². The molecule has 0 amide bonds. The smallest absolute Gasteiger partial charge is 0.0302 e. The number of fused-ring (bicyclic) bond motifs is 1. The molecule has 0 spiro atoms. The highest BCUT2D eigenvalue weighted by Crippen LogP contribution is 2.30.